The molecule has 0 saturated carbocycles. The van der Waals surface area contributed by atoms with Gasteiger partial charge in [-0.15, -0.1) is 0 Å². The summed E-state index contributed by atoms with van der Waals surface area (Å²) in [6.45, 7) is 0. The second-order valence-electron chi connectivity index (χ2n) is 6.10. The van der Waals surface area contributed by atoms with Crippen molar-refractivity contribution < 1.29 is 22.9 Å². The molecule has 0 bridgehead atoms. The number of benzene rings is 3. The van der Waals surface area contributed by atoms with Crippen molar-refractivity contribution in [2.45, 2.75) is 4.90 Å². The van der Waals surface area contributed by atoms with E-state index in [4.69, 9.17) is 4.74 Å². The summed E-state index contributed by atoms with van der Waals surface area (Å²) in [4.78, 5) is 22.6. The fourth-order valence-electron chi connectivity index (χ4n) is 2.63. The lowest BCUT2D eigenvalue weighted by Crippen LogP contribution is -2.15. The van der Waals surface area contributed by atoms with Crippen molar-refractivity contribution in [3.8, 4) is 5.75 Å². The van der Waals surface area contributed by atoms with E-state index in [-0.39, 0.29) is 27.7 Å². The van der Waals surface area contributed by atoms with Gasteiger partial charge in [0.25, 0.3) is 21.6 Å². The highest BCUT2D eigenvalue weighted by molar-refractivity contribution is 7.92. The SMILES string of the molecule is COc1ccc(S(=O)(=O)Nc2cccc([N+](=O)[O-])c2)cc1NC(=O)c1ccccc1. The van der Waals surface area contributed by atoms with Crippen molar-refractivity contribution in [1.82, 2.24) is 0 Å². The summed E-state index contributed by atoms with van der Waals surface area (Å²) in [5.41, 5.74) is 0.339. The van der Waals surface area contributed by atoms with E-state index in [1.807, 2.05) is 0 Å². The average Bonchev–Trinajstić information content (AvgIpc) is 2.74. The van der Waals surface area contributed by atoms with Crippen LogP contribution in [0.4, 0.5) is 17.1 Å². The molecule has 1 amide bonds. The van der Waals surface area contributed by atoms with E-state index in [2.05, 4.69) is 10.0 Å². The third kappa shape index (κ3) is 4.73. The van der Waals surface area contributed by atoms with E-state index >= 15 is 0 Å². The number of nitrogens with zero attached hydrogens (tertiary/aromatic N) is 1. The molecule has 154 valence electrons. The maximum Gasteiger partial charge on any atom is 0.271 e. The van der Waals surface area contributed by atoms with E-state index in [9.17, 15) is 23.3 Å². The molecule has 3 rings (SSSR count). The Labute approximate surface area is 172 Å². The van der Waals surface area contributed by atoms with Crippen molar-refractivity contribution in [2.75, 3.05) is 17.1 Å². The molecule has 0 aliphatic rings. The first-order valence-electron chi connectivity index (χ1n) is 8.62. The zero-order valence-corrected chi connectivity index (χ0v) is 16.5. The highest BCUT2D eigenvalue weighted by atomic mass is 32.2. The number of nitro benzene ring substituents is 1. The van der Waals surface area contributed by atoms with E-state index in [1.54, 1.807) is 30.3 Å². The van der Waals surface area contributed by atoms with E-state index in [1.165, 1.54) is 43.5 Å². The molecule has 0 aliphatic heterocycles. The number of non-ortho nitro benzene ring substituents is 1. The van der Waals surface area contributed by atoms with Crippen LogP contribution in [0.15, 0.2) is 77.7 Å². The van der Waals surface area contributed by atoms with Crippen LogP contribution in [0.25, 0.3) is 0 Å². The van der Waals surface area contributed by atoms with Crippen LogP contribution in [0.5, 0.6) is 5.75 Å². The maximum atomic E-state index is 12.8. The predicted molar refractivity (Wildman–Crippen MR) is 111 cm³/mol. The summed E-state index contributed by atoms with van der Waals surface area (Å²) < 4.78 is 33.0. The van der Waals surface area contributed by atoms with Crippen molar-refractivity contribution in [3.05, 3.63) is 88.5 Å². The molecule has 0 heterocycles. The number of carbonyl (C=O) groups excluding carboxylic acids is 1. The van der Waals surface area contributed by atoms with Gasteiger partial charge in [-0.3, -0.25) is 19.6 Å². The van der Waals surface area contributed by atoms with Gasteiger partial charge < -0.3 is 10.1 Å². The van der Waals surface area contributed by atoms with Crippen LogP contribution in [0.1, 0.15) is 10.4 Å². The smallest absolute Gasteiger partial charge is 0.271 e. The number of rotatable bonds is 7. The average molecular weight is 427 g/mol. The normalized spacial score (nSPS) is 10.8. The van der Waals surface area contributed by atoms with Crippen molar-refractivity contribution in [3.63, 3.8) is 0 Å². The largest absolute Gasteiger partial charge is 0.495 e. The van der Waals surface area contributed by atoms with Gasteiger partial charge in [0, 0.05) is 17.7 Å². The molecule has 2 N–H and O–H groups in total. The van der Waals surface area contributed by atoms with Gasteiger partial charge in [0.15, 0.2) is 0 Å². The van der Waals surface area contributed by atoms with Crippen molar-refractivity contribution in [1.29, 1.82) is 0 Å². The molecule has 0 aliphatic carbocycles. The Hall–Kier alpha value is -3.92. The number of anilines is 2. The quantitative estimate of drug-likeness (QED) is 0.437. The molecule has 10 heteroatoms. The van der Waals surface area contributed by atoms with Gasteiger partial charge in [0.2, 0.25) is 0 Å². The predicted octanol–water partition coefficient (Wildman–Crippen LogP) is 3.66. The Balaban J connectivity index is 1.90. The van der Waals surface area contributed by atoms with Gasteiger partial charge in [0.05, 0.1) is 28.3 Å². The number of methoxy groups -OCH3 is 1. The summed E-state index contributed by atoms with van der Waals surface area (Å²) in [5.74, 6) is -0.163. The summed E-state index contributed by atoms with van der Waals surface area (Å²) in [6, 6.07) is 17.5. The molecule has 0 spiro atoms. The van der Waals surface area contributed by atoms with Gasteiger partial charge in [0.1, 0.15) is 5.75 Å². The molecule has 0 unspecified atom stereocenters. The van der Waals surface area contributed by atoms with Crippen LogP contribution in [0, 0.1) is 10.1 Å². The second kappa shape index (κ2) is 8.62. The van der Waals surface area contributed by atoms with Crippen LogP contribution in [0.2, 0.25) is 0 Å². The number of nitrogens with one attached hydrogen (secondary N) is 2. The molecule has 9 nitrogen and oxygen atoms in total. The Morgan fingerprint density at radius 1 is 1.00 bits per heavy atom. The van der Waals surface area contributed by atoms with E-state index < -0.39 is 20.9 Å². The van der Waals surface area contributed by atoms with Crippen LogP contribution in [-0.2, 0) is 10.0 Å². The minimum absolute atomic E-state index is 0.0369. The number of hydrogen-bond donors (Lipinski definition) is 2. The van der Waals surface area contributed by atoms with Gasteiger partial charge in [-0.05, 0) is 36.4 Å². The van der Waals surface area contributed by atoms with Gasteiger partial charge >= 0.3 is 0 Å². The van der Waals surface area contributed by atoms with Gasteiger partial charge in [-0.2, -0.15) is 0 Å². The Morgan fingerprint density at radius 3 is 2.40 bits per heavy atom. The lowest BCUT2D eigenvalue weighted by Gasteiger charge is -2.13. The van der Waals surface area contributed by atoms with Gasteiger partial charge in [-0.25, -0.2) is 8.42 Å². The minimum Gasteiger partial charge on any atom is -0.495 e. The zero-order valence-electron chi connectivity index (χ0n) is 15.7. The third-order valence-electron chi connectivity index (χ3n) is 4.07. The topological polar surface area (TPSA) is 128 Å². The highest BCUT2D eigenvalue weighted by Gasteiger charge is 2.19. The molecule has 0 radical (unpaired) electrons. The summed E-state index contributed by atoms with van der Waals surface area (Å²) in [6.07, 6.45) is 0. The first-order chi connectivity index (χ1) is 14.3. The Morgan fingerprint density at radius 2 is 1.73 bits per heavy atom. The van der Waals surface area contributed by atoms with Gasteiger partial charge in [-0.1, -0.05) is 24.3 Å². The summed E-state index contributed by atoms with van der Waals surface area (Å²) in [5, 5.41) is 13.5. The molecule has 30 heavy (non-hydrogen) atoms. The zero-order chi connectivity index (χ0) is 21.7. The monoisotopic (exact) mass is 427 g/mol. The second-order valence-corrected chi connectivity index (χ2v) is 7.78. The molecule has 0 saturated heterocycles. The number of carbonyl (C=O) groups is 1. The summed E-state index contributed by atoms with van der Waals surface area (Å²) in [7, 11) is -2.69. The molecular formula is C20H17N3O6S. The lowest BCUT2D eigenvalue weighted by atomic mass is 10.2. The third-order valence-corrected chi connectivity index (χ3v) is 5.45. The first-order valence-corrected chi connectivity index (χ1v) is 10.1. The fraction of sp³-hybridized carbons (Fsp3) is 0.0500. The first kappa shape index (κ1) is 20.8. The number of ether oxygens (including phenoxy) is 1. The molecule has 3 aromatic rings. The lowest BCUT2D eigenvalue weighted by molar-refractivity contribution is -0.384. The number of sulfonamides is 1. The minimum atomic E-state index is -4.08. The van der Waals surface area contributed by atoms with E-state index in [0.29, 0.717) is 5.56 Å². The highest BCUT2D eigenvalue weighted by Crippen LogP contribution is 2.29. The summed E-state index contributed by atoms with van der Waals surface area (Å²) >= 11 is 0. The molecule has 0 atom stereocenters. The molecule has 3 aromatic carbocycles. The van der Waals surface area contributed by atoms with Crippen molar-refractivity contribution >= 4 is 33.0 Å². The molecular weight excluding hydrogens is 410 g/mol. The van der Waals surface area contributed by atoms with Crippen LogP contribution in [-0.4, -0.2) is 26.4 Å². The maximum absolute atomic E-state index is 12.8. The molecule has 0 aromatic heterocycles. The number of hydrogen-bond acceptors (Lipinski definition) is 6. The van der Waals surface area contributed by atoms with E-state index in [0.717, 1.165) is 6.07 Å². The fourth-order valence-corrected chi connectivity index (χ4v) is 3.71. The number of amides is 1. The van der Waals surface area contributed by atoms with Crippen LogP contribution >= 0.6 is 0 Å². The Bertz CT molecular complexity index is 1200. The van der Waals surface area contributed by atoms with Crippen LogP contribution in [0.3, 0.4) is 0 Å². The Kier molecular flexibility index (Phi) is 5.98. The van der Waals surface area contributed by atoms with Crippen molar-refractivity contribution in [2.24, 2.45) is 0 Å². The number of nitro groups is 1. The standard InChI is InChI=1S/C20H17N3O6S/c1-29-19-11-10-17(13-18(19)21-20(24)14-6-3-2-4-7-14)30(27,28)22-15-8-5-9-16(12-15)23(25)26/h2-13,22H,1H3,(H,21,24). The van der Waals surface area contributed by atoms with Crippen LogP contribution < -0.4 is 14.8 Å². The molecule has 0 fully saturated rings.